The first-order chi connectivity index (χ1) is 8.66. The van der Waals surface area contributed by atoms with E-state index in [1.165, 1.54) is 12.1 Å². The Hall–Kier alpha value is -1.40. The van der Waals surface area contributed by atoms with Gasteiger partial charge < -0.3 is 10.5 Å². The predicted octanol–water partition coefficient (Wildman–Crippen LogP) is 2.43. The van der Waals surface area contributed by atoms with Crippen LogP contribution in [0.5, 0.6) is 0 Å². The van der Waals surface area contributed by atoms with Crippen molar-refractivity contribution in [3.63, 3.8) is 0 Å². The van der Waals surface area contributed by atoms with Gasteiger partial charge in [0.25, 0.3) is 0 Å². The van der Waals surface area contributed by atoms with Crippen molar-refractivity contribution in [3.8, 4) is 5.69 Å². The second-order valence-electron chi connectivity index (χ2n) is 4.12. The van der Waals surface area contributed by atoms with Crippen molar-refractivity contribution < 1.29 is 9.13 Å². The number of benzene rings is 1. The minimum absolute atomic E-state index is 0.303. The van der Waals surface area contributed by atoms with Gasteiger partial charge in [0.05, 0.1) is 24.6 Å². The minimum atomic E-state index is -0.303. The van der Waals surface area contributed by atoms with Crippen LogP contribution < -0.4 is 5.73 Å². The lowest BCUT2D eigenvalue weighted by Gasteiger charge is -2.15. The lowest BCUT2D eigenvalue weighted by atomic mass is 10.1. The normalized spacial score (nSPS) is 14.6. The number of fused-ring (bicyclic) bond motifs is 1. The summed E-state index contributed by atoms with van der Waals surface area (Å²) in [6, 6.07) is 4.50. The number of hydrogen-bond donors (Lipinski definition) is 1. The van der Waals surface area contributed by atoms with Crippen LogP contribution in [-0.4, -0.2) is 16.4 Å². The monoisotopic (exact) mass is 311 g/mol. The summed E-state index contributed by atoms with van der Waals surface area (Å²) in [7, 11) is 0. The van der Waals surface area contributed by atoms with E-state index in [1.807, 2.05) is 0 Å². The van der Waals surface area contributed by atoms with E-state index in [9.17, 15) is 4.39 Å². The van der Waals surface area contributed by atoms with Crippen LogP contribution in [0.25, 0.3) is 5.69 Å². The van der Waals surface area contributed by atoms with Crippen LogP contribution >= 0.6 is 15.9 Å². The molecule has 0 bridgehead atoms. The van der Waals surface area contributed by atoms with Crippen molar-refractivity contribution in [3.05, 3.63) is 39.7 Å². The summed E-state index contributed by atoms with van der Waals surface area (Å²) >= 11 is 3.40. The van der Waals surface area contributed by atoms with E-state index in [-0.39, 0.29) is 5.82 Å². The van der Waals surface area contributed by atoms with Crippen molar-refractivity contribution in [2.75, 3.05) is 12.3 Å². The van der Waals surface area contributed by atoms with Crippen molar-refractivity contribution in [2.45, 2.75) is 13.0 Å². The second kappa shape index (κ2) is 4.37. The second-order valence-corrected chi connectivity index (χ2v) is 4.97. The molecule has 0 radical (unpaired) electrons. The van der Waals surface area contributed by atoms with Gasteiger partial charge in [-0.15, -0.1) is 0 Å². The largest absolute Gasteiger partial charge is 0.382 e. The van der Waals surface area contributed by atoms with Crippen LogP contribution in [0.15, 0.2) is 22.7 Å². The molecule has 0 saturated heterocycles. The molecule has 2 N–H and O–H groups in total. The van der Waals surface area contributed by atoms with E-state index < -0.39 is 0 Å². The molecular weight excluding hydrogens is 301 g/mol. The lowest BCUT2D eigenvalue weighted by molar-refractivity contribution is 0.110. The van der Waals surface area contributed by atoms with Gasteiger partial charge in [-0.3, -0.25) is 0 Å². The fourth-order valence-corrected chi connectivity index (χ4v) is 2.52. The van der Waals surface area contributed by atoms with E-state index in [4.69, 9.17) is 10.5 Å². The summed E-state index contributed by atoms with van der Waals surface area (Å²) in [5.41, 5.74) is 8.42. The van der Waals surface area contributed by atoms with Gasteiger partial charge in [0.1, 0.15) is 5.82 Å². The molecule has 0 unspecified atom stereocenters. The summed E-state index contributed by atoms with van der Waals surface area (Å²) in [4.78, 5) is 0. The molecule has 0 saturated carbocycles. The smallest absolute Gasteiger partial charge is 0.151 e. The topological polar surface area (TPSA) is 53.1 Å². The molecule has 6 heteroatoms. The van der Waals surface area contributed by atoms with Gasteiger partial charge in [-0.2, -0.15) is 5.10 Å². The molecule has 18 heavy (non-hydrogen) atoms. The van der Waals surface area contributed by atoms with Crippen LogP contribution in [0.4, 0.5) is 10.2 Å². The van der Waals surface area contributed by atoms with Crippen molar-refractivity contribution in [2.24, 2.45) is 0 Å². The fraction of sp³-hybridized carbons (Fsp3) is 0.250. The molecule has 0 amide bonds. The summed E-state index contributed by atoms with van der Waals surface area (Å²) < 4.78 is 21.2. The van der Waals surface area contributed by atoms with Crippen molar-refractivity contribution in [1.29, 1.82) is 0 Å². The number of aromatic nitrogens is 2. The Labute approximate surface area is 112 Å². The summed E-state index contributed by atoms with van der Waals surface area (Å²) in [6.07, 6.45) is 0.725. The molecule has 0 aliphatic carbocycles. The molecule has 2 heterocycles. The number of ether oxygens (including phenoxy) is 1. The third kappa shape index (κ3) is 1.81. The Kier molecular flexibility index (Phi) is 2.83. The van der Waals surface area contributed by atoms with E-state index in [0.29, 0.717) is 24.7 Å². The summed E-state index contributed by atoms with van der Waals surface area (Å²) in [6.45, 7) is 1.10. The van der Waals surface area contributed by atoms with Crippen LogP contribution in [0.2, 0.25) is 0 Å². The maximum absolute atomic E-state index is 13.4. The molecule has 1 aliphatic heterocycles. The van der Waals surface area contributed by atoms with Crippen LogP contribution in [0, 0.1) is 5.82 Å². The van der Waals surface area contributed by atoms with E-state index >= 15 is 0 Å². The Balaban J connectivity index is 2.20. The lowest BCUT2D eigenvalue weighted by Crippen LogP contribution is -2.13. The van der Waals surface area contributed by atoms with E-state index in [0.717, 1.165) is 22.2 Å². The maximum atomic E-state index is 13.4. The highest BCUT2D eigenvalue weighted by Crippen LogP contribution is 2.29. The highest BCUT2D eigenvalue weighted by atomic mass is 79.9. The van der Waals surface area contributed by atoms with E-state index in [2.05, 4.69) is 21.0 Å². The van der Waals surface area contributed by atoms with Crippen LogP contribution in [0.3, 0.4) is 0 Å². The molecule has 0 fully saturated rings. The van der Waals surface area contributed by atoms with Gasteiger partial charge in [0.15, 0.2) is 5.82 Å². The van der Waals surface area contributed by atoms with Gasteiger partial charge in [-0.25, -0.2) is 9.07 Å². The predicted molar refractivity (Wildman–Crippen MR) is 69.0 cm³/mol. The number of nitrogens with two attached hydrogens (primary N) is 1. The SMILES string of the molecule is Nc1nn(-c2cc(F)ccc2Br)c2c1COCC2. The fourth-order valence-electron chi connectivity index (χ4n) is 2.11. The molecule has 4 nitrogen and oxygen atoms in total. The Morgan fingerprint density at radius 1 is 1.44 bits per heavy atom. The first-order valence-corrected chi connectivity index (χ1v) is 6.35. The zero-order valence-corrected chi connectivity index (χ0v) is 11.1. The summed E-state index contributed by atoms with van der Waals surface area (Å²) in [5, 5.41) is 4.28. The first-order valence-electron chi connectivity index (χ1n) is 5.56. The molecular formula is C12H11BrFN3O. The average molecular weight is 312 g/mol. The van der Waals surface area contributed by atoms with E-state index in [1.54, 1.807) is 10.7 Å². The molecule has 1 aliphatic rings. The number of hydrogen-bond acceptors (Lipinski definition) is 3. The standard InChI is InChI=1S/C12H11BrFN3O/c13-9-2-1-7(14)5-11(9)17-10-3-4-18-6-8(10)12(15)16-17/h1-2,5H,3-4,6H2,(H2,15,16). The molecule has 1 aromatic carbocycles. The van der Waals surface area contributed by atoms with Gasteiger partial charge in [-0.05, 0) is 28.1 Å². The van der Waals surface area contributed by atoms with Gasteiger partial charge >= 0.3 is 0 Å². The number of halogens is 2. The zero-order valence-electron chi connectivity index (χ0n) is 9.49. The van der Waals surface area contributed by atoms with Gasteiger partial charge in [0, 0.05) is 22.5 Å². The van der Waals surface area contributed by atoms with Gasteiger partial charge in [-0.1, -0.05) is 0 Å². The van der Waals surface area contributed by atoms with Crippen molar-refractivity contribution in [1.82, 2.24) is 9.78 Å². The van der Waals surface area contributed by atoms with Crippen molar-refractivity contribution >= 4 is 21.7 Å². The number of anilines is 1. The molecule has 94 valence electrons. The Morgan fingerprint density at radius 3 is 3.11 bits per heavy atom. The number of rotatable bonds is 1. The minimum Gasteiger partial charge on any atom is -0.382 e. The molecule has 0 spiro atoms. The number of nitrogens with zero attached hydrogens (tertiary/aromatic N) is 2. The summed E-state index contributed by atoms with van der Waals surface area (Å²) in [5.74, 6) is 0.143. The third-order valence-electron chi connectivity index (χ3n) is 2.99. The number of nitrogen functional groups attached to an aromatic ring is 1. The van der Waals surface area contributed by atoms with Crippen LogP contribution in [-0.2, 0) is 17.8 Å². The molecule has 1 aromatic heterocycles. The quantitative estimate of drug-likeness (QED) is 0.880. The maximum Gasteiger partial charge on any atom is 0.151 e. The zero-order chi connectivity index (χ0) is 12.7. The van der Waals surface area contributed by atoms with Crippen LogP contribution in [0.1, 0.15) is 11.3 Å². The molecule has 0 atom stereocenters. The Morgan fingerprint density at radius 2 is 2.28 bits per heavy atom. The highest BCUT2D eigenvalue weighted by molar-refractivity contribution is 9.10. The highest BCUT2D eigenvalue weighted by Gasteiger charge is 2.21. The Bertz CT molecular complexity index is 612. The first kappa shape index (κ1) is 11.7. The molecule has 3 rings (SSSR count). The average Bonchev–Trinajstić information content (AvgIpc) is 2.71. The third-order valence-corrected chi connectivity index (χ3v) is 3.66. The van der Waals surface area contributed by atoms with Gasteiger partial charge in [0.2, 0.25) is 0 Å². The molecule has 2 aromatic rings.